The van der Waals surface area contributed by atoms with Crippen LogP contribution < -0.4 is 10.6 Å². The molecule has 0 aliphatic carbocycles. The zero-order valence-corrected chi connectivity index (χ0v) is 4.14. The Balaban J connectivity index is 2.40. The van der Waals surface area contributed by atoms with Gasteiger partial charge in [-0.2, -0.15) is 0 Å². The summed E-state index contributed by atoms with van der Waals surface area (Å²) < 4.78 is 0. The number of hydrogen-bond donors (Lipinski definition) is 1. The maximum Gasteiger partial charge on any atom is 0.336 e. The van der Waals surface area contributed by atoms with Crippen molar-refractivity contribution in [2.75, 3.05) is 6.54 Å². The van der Waals surface area contributed by atoms with E-state index in [1.54, 1.807) is 0 Å². The number of nitrogens with zero attached hydrogens (tertiary/aromatic N) is 1. The molecule has 1 unspecified atom stereocenters. The van der Waals surface area contributed by atoms with Gasteiger partial charge in [0.2, 0.25) is 0 Å². The van der Waals surface area contributed by atoms with E-state index in [1.807, 2.05) is 6.92 Å². The Labute approximate surface area is 42.1 Å². The molecule has 0 spiro atoms. The lowest BCUT2D eigenvalue weighted by Gasteiger charge is -1.88. The highest BCUT2D eigenvalue weighted by Crippen LogP contribution is 1.88. The van der Waals surface area contributed by atoms with Gasteiger partial charge in [0.1, 0.15) is 0 Å². The predicted octanol–water partition coefficient (Wildman–Crippen LogP) is -0.297. The lowest BCUT2D eigenvalue weighted by atomic mass is 10.4. The molecular formula is C4H7N2O. The molecular weight excluding hydrogens is 92.1 g/mol. The second kappa shape index (κ2) is 1.40. The normalized spacial score (nSPS) is 29.3. The molecule has 2 amide bonds. The lowest BCUT2D eigenvalue weighted by molar-refractivity contribution is 0.247. The fraction of sp³-hybridized carbons (Fsp3) is 0.750. The highest BCUT2D eigenvalue weighted by molar-refractivity contribution is 5.75. The van der Waals surface area contributed by atoms with Crippen LogP contribution in [0.5, 0.6) is 0 Å². The Hall–Kier alpha value is -0.730. The molecule has 39 valence electrons. The van der Waals surface area contributed by atoms with Gasteiger partial charge in [-0.05, 0) is 6.92 Å². The zero-order chi connectivity index (χ0) is 5.28. The molecule has 0 aromatic carbocycles. The Morgan fingerprint density at radius 1 is 2.00 bits per heavy atom. The molecule has 0 bridgehead atoms. The number of carbonyl (C=O) groups is 1. The molecule has 1 atom stereocenters. The lowest BCUT2D eigenvalue weighted by Crippen LogP contribution is -2.15. The summed E-state index contributed by atoms with van der Waals surface area (Å²) in [6, 6.07) is 0.0139. The maximum absolute atomic E-state index is 10.2. The number of nitrogens with one attached hydrogen (secondary N) is 1. The highest BCUT2D eigenvalue weighted by atomic mass is 16.2. The minimum absolute atomic E-state index is 0.174. The second-order valence-corrected chi connectivity index (χ2v) is 1.66. The fourth-order valence-corrected chi connectivity index (χ4v) is 0.526. The van der Waals surface area contributed by atoms with Gasteiger partial charge in [-0.3, -0.25) is 0 Å². The van der Waals surface area contributed by atoms with E-state index in [-0.39, 0.29) is 12.1 Å². The Morgan fingerprint density at radius 3 is 2.86 bits per heavy atom. The highest BCUT2D eigenvalue weighted by Gasteiger charge is 2.16. The number of amides is 2. The van der Waals surface area contributed by atoms with Crippen LogP contribution in [0.15, 0.2) is 0 Å². The zero-order valence-electron chi connectivity index (χ0n) is 4.14. The molecule has 1 aliphatic rings. The van der Waals surface area contributed by atoms with E-state index >= 15 is 0 Å². The van der Waals surface area contributed by atoms with Crippen molar-refractivity contribution in [1.29, 1.82) is 0 Å². The summed E-state index contributed by atoms with van der Waals surface area (Å²) in [7, 11) is 0. The SMILES string of the molecule is CC1CNC(=O)[N]1. The molecule has 1 fully saturated rings. The Morgan fingerprint density at radius 2 is 2.71 bits per heavy atom. The first-order valence-corrected chi connectivity index (χ1v) is 2.28. The second-order valence-electron chi connectivity index (χ2n) is 1.66. The van der Waals surface area contributed by atoms with Crippen LogP contribution in [0.2, 0.25) is 0 Å². The average molecular weight is 99.1 g/mol. The van der Waals surface area contributed by atoms with Crippen LogP contribution >= 0.6 is 0 Å². The molecule has 1 N–H and O–H groups in total. The third-order valence-electron chi connectivity index (χ3n) is 0.886. The molecule has 1 rings (SSSR count). The number of urea groups is 1. The molecule has 3 heteroatoms. The summed E-state index contributed by atoms with van der Waals surface area (Å²) >= 11 is 0. The van der Waals surface area contributed by atoms with E-state index in [0.717, 1.165) is 0 Å². The minimum Gasteiger partial charge on any atom is -0.334 e. The summed E-state index contributed by atoms with van der Waals surface area (Å²) in [4.78, 5) is 10.2. The smallest absolute Gasteiger partial charge is 0.334 e. The molecule has 1 aliphatic heterocycles. The summed E-state index contributed by atoms with van der Waals surface area (Å²) in [5.74, 6) is 0. The summed E-state index contributed by atoms with van der Waals surface area (Å²) in [5.41, 5.74) is 0. The van der Waals surface area contributed by atoms with Crippen molar-refractivity contribution in [3.8, 4) is 0 Å². The Kier molecular flexibility index (Phi) is 0.889. The van der Waals surface area contributed by atoms with E-state index in [4.69, 9.17) is 0 Å². The number of carbonyl (C=O) groups excluding carboxylic acids is 1. The predicted molar refractivity (Wildman–Crippen MR) is 25.0 cm³/mol. The van der Waals surface area contributed by atoms with Gasteiger partial charge in [0.15, 0.2) is 0 Å². The van der Waals surface area contributed by atoms with Crippen molar-refractivity contribution < 1.29 is 4.79 Å². The molecule has 0 aromatic heterocycles. The van der Waals surface area contributed by atoms with Crippen LogP contribution in [-0.2, 0) is 0 Å². The Bertz CT molecular complexity index is 91.7. The van der Waals surface area contributed by atoms with E-state index in [2.05, 4.69) is 10.6 Å². The average Bonchev–Trinajstić information content (AvgIpc) is 1.87. The van der Waals surface area contributed by atoms with Gasteiger partial charge < -0.3 is 5.32 Å². The van der Waals surface area contributed by atoms with Gasteiger partial charge in [-0.15, -0.1) is 0 Å². The van der Waals surface area contributed by atoms with Crippen molar-refractivity contribution in [3.05, 3.63) is 0 Å². The molecule has 3 nitrogen and oxygen atoms in total. The third-order valence-corrected chi connectivity index (χ3v) is 0.886. The van der Waals surface area contributed by atoms with Crippen molar-refractivity contribution >= 4 is 6.03 Å². The van der Waals surface area contributed by atoms with Gasteiger partial charge in [0.05, 0.1) is 6.04 Å². The monoisotopic (exact) mass is 99.1 g/mol. The van der Waals surface area contributed by atoms with Crippen molar-refractivity contribution in [2.45, 2.75) is 13.0 Å². The van der Waals surface area contributed by atoms with Gasteiger partial charge in [-0.1, -0.05) is 0 Å². The van der Waals surface area contributed by atoms with Crippen LogP contribution in [0.1, 0.15) is 6.92 Å². The molecule has 0 saturated carbocycles. The molecule has 0 aromatic rings. The third kappa shape index (κ3) is 0.824. The van der Waals surface area contributed by atoms with Crippen LogP contribution in [0, 0.1) is 0 Å². The first-order chi connectivity index (χ1) is 3.29. The van der Waals surface area contributed by atoms with E-state index in [0.29, 0.717) is 6.54 Å². The molecule has 7 heavy (non-hydrogen) atoms. The molecule has 1 radical (unpaired) electrons. The van der Waals surface area contributed by atoms with Gasteiger partial charge in [-0.25, -0.2) is 10.1 Å². The van der Waals surface area contributed by atoms with Crippen molar-refractivity contribution in [2.24, 2.45) is 0 Å². The van der Waals surface area contributed by atoms with E-state index < -0.39 is 0 Å². The standard InChI is InChI=1S/C4H7N2O/c1-3-2-5-4(7)6-3/h3H,2H2,1H3,(H,5,7). The van der Waals surface area contributed by atoms with Crippen molar-refractivity contribution in [1.82, 2.24) is 10.6 Å². The largest absolute Gasteiger partial charge is 0.336 e. The molecule has 1 saturated heterocycles. The van der Waals surface area contributed by atoms with Crippen LogP contribution in [0.3, 0.4) is 0 Å². The van der Waals surface area contributed by atoms with Gasteiger partial charge in [0.25, 0.3) is 0 Å². The maximum atomic E-state index is 10.2. The summed E-state index contributed by atoms with van der Waals surface area (Å²) in [6.45, 7) is 2.61. The quantitative estimate of drug-likeness (QED) is 0.445. The van der Waals surface area contributed by atoms with E-state index in [1.165, 1.54) is 0 Å². The van der Waals surface area contributed by atoms with Gasteiger partial charge in [0, 0.05) is 6.54 Å². The fourth-order valence-electron chi connectivity index (χ4n) is 0.526. The first-order valence-electron chi connectivity index (χ1n) is 2.28. The van der Waals surface area contributed by atoms with E-state index in [9.17, 15) is 4.79 Å². The number of rotatable bonds is 0. The first kappa shape index (κ1) is 4.43. The summed E-state index contributed by atoms with van der Waals surface area (Å²) in [5, 5.41) is 6.20. The molecule has 1 heterocycles. The van der Waals surface area contributed by atoms with Crippen LogP contribution in [0.25, 0.3) is 0 Å². The van der Waals surface area contributed by atoms with Crippen LogP contribution in [0.4, 0.5) is 4.79 Å². The van der Waals surface area contributed by atoms with Crippen LogP contribution in [-0.4, -0.2) is 18.6 Å². The van der Waals surface area contributed by atoms with Crippen molar-refractivity contribution in [3.63, 3.8) is 0 Å². The minimum atomic E-state index is -0.174. The number of hydrogen-bond acceptors (Lipinski definition) is 1. The topological polar surface area (TPSA) is 43.2 Å². The summed E-state index contributed by atoms with van der Waals surface area (Å²) in [6.07, 6.45) is 0. The van der Waals surface area contributed by atoms with Gasteiger partial charge >= 0.3 is 6.03 Å².